The number of hydrazine groups is 1. The number of hydrogen-bond acceptors (Lipinski definition) is 8. The van der Waals surface area contributed by atoms with Gasteiger partial charge >= 0.3 is 5.70 Å². The molecule has 1 aromatic rings. The van der Waals surface area contributed by atoms with Gasteiger partial charge in [-0.1, -0.05) is 0 Å². The van der Waals surface area contributed by atoms with Gasteiger partial charge in [-0.15, -0.1) is 10.2 Å². The van der Waals surface area contributed by atoms with Crippen molar-refractivity contribution in [2.24, 2.45) is 10.3 Å². The second-order valence-electron chi connectivity index (χ2n) is 2.63. The molecule has 10 heteroatoms. The first-order valence-electron chi connectivity index (χ1n) is 3.85. The Morgan fingerprint density at radius 2 is 2.47 bits per heavy atom. The molecule has 0 aliphatic carbocycles. The molecule has 2 rings (SSSR count). The number of nitrogens with one attached hydrogen (secondary N) is 2. The molecule has 10 nitrogen and oxygen atoms in total. The Balaban J connectivity index is 2.45. The van der Waals surface area contributed by atoms with E-state index in [9.17, 15) is 10.1 Å². The molecule has 1 aliphatic heterocycles. The van der Waals surface area contributed by atoms with Gasteiger partial charge in [0.15, 0.2) is 5.69 Å². The first kappa shape index (κ1) is 9.05. The molecule has 0 fully saturated rings. The van der Waals surface area contributed by atoms with Crippen LogP contribution in [0.3, 0.4) is 0 Å². The van der Waals surface area contributed by atoms with E-state index in [0.29, 0.717) is 0 Å². The first-order valence-corrected chi connectivity index (χ1v) is 3.85. The van der Waals surface area contributed by atoms with Crippen LogP contribution in [0.25, 0.3) is 5.70 Å². The maximum atomic E-state index is 10.8. The van der Waals surface area contributed by atoms with Crippen molar-refractivity contribution in [3.8, 4) is 0 Å². The van der Waals surface area contributed by atoms with Crippen LogP contribution in [0.15, 0.2) is 22.4 Å². The van der Waals surface area contributed by atoms with Crippen molar-refractivity contribution in [1.29, 1.82) is 0 Å². The summed E-state index contributed by atoms with van der Waals surface area (Å²) in [5.74, 6) is 0.0244. The van der Waals surface area contributed by atoms with Gasteiger partial charge in [0.05, 0.1) is 11.1 Å². The van der Waals surface area contributed by atoms with Gasteiger partial charge in [-0.25, -0.2) is 0 Å². The van der Waals surface area contributed by atoms with Gasteiger partial charge in [0.1, 0.15) is 0 Å². The second-order valence-corrected chi connectivity index (χ2v) is 2.63. The molecule has 0 atom stereocenters. The fourth-order valence-electron chi connectivity index (χ4n) is 1.03. The second kappa shape index (κ2) is 3.32. The van der Waals surface area contributed by atoms with E-state index in [1.165, 1.54) is 11.3 Å². The predicted octanol–water partition coefficient (Wildman–Crippen LogP) is -0.475. The van der Waals surface area contributed by atoms with E-state index in [1.54, 1.807) is 7.05 Å². The summed E-state index contributed by atoms with van der Waals surface area (Å²) in [4.78, 5) is 10.2. The summed E-state index contributed by atoms with van der Waals surface area (Å²) < 4.78 is 0. The number of nitrogens with zero attached hydrogens (tertiary/aromatic N) is 6. The summed E-state index contributed by atoms with van der Waals surface area (Å²) in [6.45, 7) is 0. The van der Waals surface area contributed by atoms with Crippen molar-refractivity contribution in [1.82, 2.24) is 26.0 Å². The highest BCUT2D eigenvalue weighted by Gasteiger charge is 2.27. The van der Waals surface area contributed by atoms with Gasteiger partial charge in [-0.3, -0.25) is 15.5 Å². The molecule has 78 valence electrons. The summed E-state index contributed by atoms with van der Waals surface area (Å²) >= 11 is 0. The minimum absolute atomic E-state index is 0.0244. The highest BCUT2D eigenvalue weighted by atomic mass is 16.6. The highest BCUT2D eigenvalue weighted by molar-refractivity contribution is 5.56. The largest absolute Gasteiger partial charge is 0.343 e. The van der Waals surface area contributed by atoms with Crippen LogP contribution >= 0.6 is 0 Å². The van der Waals surface area contributed by atoms with E-state index < -0.39 is 4.92 Å². The van der Waals surface area contributed by atoms with Crippen LogP contribution in [0.2, 0.25) is 0 Å². The van der Waals surface area contributed by atoms with Crippen LogP contribution < -0.4 is 5.43 Å². The van der Waals surface area contributed by atoms with E-state index in [1.807, 2.05) is 0 Å². The predicted molar refractivity (Wildman–Crippen MR) is 46.1 cm³/mol. The average Bonchev–Trinajstić information content (AvgIpc) is 2.77. The van der Waals surface area contributed by atoms with Crippen molar-refractivity contribution in [2.45, 2.75) is 0 Å². The maximum absolute atomic E-state index is 10.8. The fourth-order valence-corrected chi connectivity index (χ4v) is 1.03. The number of rotatable bonds is 2. The zero-order valence-corrected chi connectivity index (χ0v) is 7.58. The number of aromatic nitrogens is 3. The van der Waals surface area contributed by atoms with Crippen LogP contribution in [0.1, 0.15) is 5.69 Å². The molecule has 0 amide bonds. The van der Waals surface area contributed by atoms with Gasteiger partial charge in [0.25, 0.3) is 5.82 Å². The van der Waals surface area contributed by atoms with Gasteiger partial charge in [-0.2, -0.15) is 15.4 Å². The van der Waals surface area contributed by atoms with Gasteiger partial charge in [0.2, 0.25) is 0 Å². The lowest BCUT2D eigenvalue weighted by Crippen LogP contribution is -2.24. The van der Waals surface area contributed by atoms with Crippen LogP contribution in [0.4, 0.5) is 0 Å². The summed E-state index contributed by atoms with van der Waals surface area (Å²) in [5.41, 5.74) is 2.39. The summed E-state index contributed by atoms with van der Waals surface area (Å²) in [5, 5.41) is 28.6. The fraction of sp³-hybridized carbons (Fsp3) is 0.200. The Morgan fingerprint density at radius 1 is 1.67 bits per heavy atom. The highest BCUT2D eigenvalue weighted by Crippen LogP contribution is 2.18. The van der Waals surface area contributed by atoms with E-state index in [4.69, 9.17) is 0 Å². The summed E-state index contributed by atoms with van der Waals surface area (Å²) in [7, 11) is 1.57. The molecule has 0 aromatic carbocycles. The Labute approximate surface area is 82.8 Å². The first-order chi connectivity index (χ1) is 7.18. The molecular weight excluding hydrogens is 204 g/mol. The van der Waals surface area contributed by atoms with E-state index in [0.717, 1.165) is 0 Å². The lowest BCUT2D eigenvalue weighted by molar-refractivity contribution is -0.377. The van der Waals surface area contributed by atoms with E-state index in [2.05, 4.69) is 31.2 Å². The molecule has 15 heavy (non-hydrogen) atoms. The molecule has 0 unspecified atom stereocenters. The third-order valence-corrected chi connectivity index (χ3v) is 1.61. The van der Waals surface area contributed by atoms with Crippen LogP contribution in [-0.4, -0.2) is 32.5 Å². The summed E-state index contributed by atoms with van der Waals surface area (Å²) in [6.07, 6.45) is 1.24. The van der Waals surface area contributed by atoms with Crippen LogP contribution in [0, 0.1) is 10.1 Å². The number of aromatic amines is 1. The smallest absolute Gasteiger partial charge is 0.258 e. The normalized spacial score (nSPS) is 17.8. The SMILES string of the molecule is CN1N=N/C(=C(/c2cn[nH]n2)[N+](=O)[O-])N1. The van der Waals surface area contributed by atoms with Crippen molar-refractivity contribution >= 4 is 5.70 Å². The van der Waals surface area contributed by atoms with Crippen molar-refractivity contribution in [3.05, 3.63) is 27.8 Å². The molecule has 2 N–H and O–H groups in total. The summed E-state index contributed by atoms with van der Waals surface area (Å²) in [6, 6.07) is 0. The molecular formula is C5H6N8O2. The quantitative estimate of drug-likeness (QED) is 0.501. The number of H-pyrrole nitrogens is 1. The zero-order chi connectivity index (χ0) is 10.8. The van der Waals surface area contributed by atoms with Crippen molar-refractivity contribution < 1.29 is 4.92 Å². The molecule has 1 aliphatic rings. The topological polar surface area (TPSA) is 125 Å². The Morgan fingerprint density at radius 3 is 2.93 bits per heavy atom. The minimum Gasteiger partial charge on any atom is -0.258 e. The van der Waals surface area contributed by atoms with Crippen molar-refractivity contribution in [3.63, 3.8) is 0 Å². The molecule has 2 heterocycles. The molecule has 0 saturated heterocycles. The zero-order valence-electron chi connectivity index (χ0n) is 7.58. The lowest BCUT2D eigenvalue weighted by Gasteiger charge is -2.03. The average molecular weight is 210 g/mol. The Kier molecular flexibility index (Phi) is 2.00. The lowest BCUT2D eigenvalue weighted by atomic mass is 10.3. The minimum atomic E-state index is -0.599. The Hall–Kier alpha value is -2.52. The van der Waals surface area contributed by atoms with E-state index >= 15 is 0 Å². The molecule has 1 aromatic heterocycles. The molecule has 0 radical (unpaired) electrons. The maximum Gasteiger partial charge on any atom is 0.343 e. The van der Waals surface area contributed by atoms with Gasteiger partial charge < -0.3 is 0 Å². The van der Waals surface area contributed by atoms with Gasteiger partial charge in [0, 0.05) is 7.05 Å². The monoisotopic (exact) mass is 210 g/mol. The third kappa shape index (κ3) is 1.59. The number of hydrogen-bond donors (Lipinski definition) is 2. The van der Waals surface area contributed by atoms with Gasteiger partial charge in [-0.05, 0) is 5.22 Å². The molecule has 0 spiro atoms. The standard InChI is InChI=1S/C5H6N8O2/c1-12-9-5(8-11-12)4(13(14)15)3-2-6-10-7-3/h2,9H,1H3,(H,6,7,10)/b5-4+. The van der Waals surface area contributed by atoms with Crippen LogP contribution in [0.5, 0.6) is 0 Å². The molecule has 0 bridgehead atoms. The molecule has 0 saturated carbocycles. The number of nitro groups is 1. The van der Waals surface area contributed by atoms with E-state index in [-0.39, 0.29) is 17.2 Å². The van der Waals surface area contributed by atoms with Crippen molar-refractivity contribution in [2.75, 3.05) is 7.05 Å². The third-order valence-electron chi connectivity index (χ3n) is 1.61. The van der Waals surface area contributed by atoms with Crippen LogP contribution in [-0.2, 0) is 0 Å². The Bertz CT molecular complexity index is 434.